The van der Waals surface area contributed by atoms with Crippen molar-refractivity contribution in [3.8, 4) is 40.2 Å². The second-order valence-corrected chi connectivity index (χ2v) is 13.1. The monoisotopic (exact) mass is 636 g/mol. The molecule has 0 amide bonds. The van der Waals surface area contributed by atoms with Crippen LogP contribution in [0.3, 0.4) is 0 Å². The first-order valence-corrected chi connectivity index (χ1v) is 17.0. The minimum Gasteiger partial charge on any atom is -0.310 e. The number of anilines is 3. The molecule has 0 N–H and O–H groups in total. The minimum absolute atomic E-state index is 0.415. The number of hydrogen-bond donors (Lipinski definition) is 0. The summed E-state index contributed by atoms with van der Waals surface area (Å²) in [6.07, 6.45) is 0. The smallest absolute Gasteiger partial charge is 0.0998 e. The highest BCUT2D eigenvalue weighted by atomic mass is 15.2. The molecule has 7 aromatic rings. The zero-order valence-corrected chi connectivity index (χ0v) is 27.9. The third-order valence-corrected chi connectivity index (χ3v) is 10.4. The van der Waals surface area contributed by atoms with E-state index in [9.17, 15) is 5.26 Å². The summed E-state index contributed by atoms with van der Waals surface area (Å²) < 4.78 is 0. The van der Waals surface area contributed by atoms with Crippen molar-refractivity contribution in [3.63, 3.8) is 0 Å². The van der Waals surface area contributed by atoms with Gasteiger partial charge in [0.2, 0.25) is 0 Å². The van der Waals surface area contributed by atoms with Crippen molar-refractivity contribution in [2.24, 2.45) is 0 Å². The first kappa shape index (κ1) is 29.5. The molecule has 1 aliphatic carbocycles. The highest BCUT2D eigenvalue weighted by Gasteiger charge is 2.51. The van der Waals surface area contributed by atoms with E-state index in [2.05, 4.69) is 170 Å². The number of nitriles is 1. The largest absolute Gasteiger partial charge is 0.310 e. The fourth-order valence-corrected chi connectivity index (χ4v) is 8.21. The average Bonchev–Trinajstić information content (AvgIpc) is 3.46. The van der Waals surface area contributed by atoms with Crippen molar-refractivity contribution >= 4 is 17.1 Å². The van der Waals surface area contributed by atoms with Crippen molar-refractivity contribution < 1.29 is 0 Å². The summed E-state index contributed by atoms with van der Waals surface area (Å²) in [5.41, 5.74) is 17.7. The van der Waals surface area contributed by atoms with Crippen LogP contribution in [0.25, 0.3) is 22.3 Å². The predicted molar refractivity (Wildman–Crippen MR) is 204 cm³/mol. The van der Waals surface area contributed by atoms with Gasteiger partial charge in [-0.3, -0.25) is 0 Å². The molecule has 0 fully saturated rings. The lowest BCUT2D eigenvalue weighted by Gasteiger charge is -2.45. The van der Waals surface area contributed by atoms with E-state index in [4.69, 9.17) is 0 Å². The Kier molecular flexibility index (Phi) is 6.80. The normalized spacial score (nSPS) is 12.9. The third-order valence-electron chi connectivity index (χ3n) is 10.4. The van der Waals surface area contributed by atoms with Gasteiger partial charge in [-0.05, 0) is 112 Å². The summed E-state index contributed by atoms with van der Waals surface area (Å²) in [6.45, 7) is 4.23. The molecule has 9 rings (SSSR count). The maximum atomic E-state index is 9.58. The highest BCUT2D eigenvalue weighted by molar-refractivity contribution is 5.95. The summed E-state index contributed by atoms with van der Waals surface area (Å²) in [5.74, 6) is 6.89. The molecular formula is C48H32N2. The molecule has 0 radical (unpaired) electrons. The Morgan fingerprint density at radius 1 is 0.460 bits per heavy atom. The Morgan fingerprint density at radius 2 is 0.940 bits per heavy atom. The van der Waals surface area contributed by atoms with Crippen LogP contribution in [0, 0.1) is 37.0 Å². The lowest BCUT2D eigenvalue weighted by atomic mass is 9.64. The van der Waals surface area contributed by atoms with Crippen LogP contribution >= 0.6 is 0 Å². The molecule has 2 nitrogen and oxygen atoms in total. The highest BCUT2D eigenvalue weighted by Crippen LogP contribution is 2.63. The van der Waals surface area contributed by atoms with E-state index in [1.807, 2.05) is 24.3 Å². The SMILES string of the molecule is Cc1cc(-c2ccccc2C#N)ccc1C#Cc1ccc(N2c3ccccc3C3(c4ccccc4-c4ccccc43)c3ccccc32)cc1C. The van der Waals surface area contributed by atoms with E-state index < -0.39 is 5.41 Å². The molecule has 1 spiro atoms. The molecule has 0 saturated heterocycles. The number of nitrogens with zero attached hydrogens (tertiary/aromatic N) is 2. The second-order valence-electron chi connectivity index (χ2n) is 13.1. The van der Waals surface area contributed by atoms with E-state index in [1.54, 1.807) is 0 Å². The quantitative estimate of drug-likeness (QED) is 0.177. The number of benzene rings is 7. The van der Waals surface area contributed by atoms with Crippen LogP contribution in [-0.4, -0.2) is 0 Å². The summed E-state index contributed by atoms with van der Waals surface area (Å²) in [4.78, 5) is 2.42. The summed E-state index contributed by atoms with van der Waals surface area (Å²) in [7, 11) is 0. The molecule has 0 bridgehead atoms. The Balaban J connectivity index is 1.13. The molecule has 0 aromatic heterocycles. The first-order chi connectivity index (χ1) is 24.6. The second kappa shape index (κ2) is 11.5. The van der Waals surface area contributed by atoms with Crippen molar-refractivity contribution in [1.29, 1.82) is 5.26 Å². The van der Waals surface area contributed by atoms with Gasteiger partial charge in [-0.25, -0.2) is 0 Å². The molecule has 1 aliphatic heterocycles. The lowest BCUT2D eigenvalue weighted by Crippen LogP contribution is -2.36. The van der Waals surface area contributed by atoms with Crippen molar-refractivity contribution in [2.45, 2.75) is 19.3 Å². The van der Waals surface area contributed by atoms with Gasteiger partial charge in [0, 0.05) is 16.8 Å². The maximum absolute atomic E-state index is 9.58. The zero-order chi connectivity index (χ0) is 33.8. The van der Waals surface area contributed by atoms with Crippen molar-refractivity contribution in [2.75, 3.05) is 4.90 Å². The van der Waals surface area contributed by atoms with Crippen LogP contribution in [0.2, 0.25) is 0 Å². The molecule has 2 aliphatic rings. The first-order valence-electron chi connectivity index (χ1n) is 17.0. The van der Waals surface area contributed by atoms with Gasteiger partial charge in [-0.1, -0.05) is 127 Å². The van der Waals surface area contributed by atoms with Crippen LogP contribution in [0.5, 0.6) is 0 Å². The summed E-state index contributed by atoms with van der Waals surface area (Å²) in [6, 6.07) is 58.5. The van der Waals surface area contributed by atoms with Gasteiger partial charge >= 0.3 is 0 Å². The van der Waals surface area contributed by atoms with E-state index >= 15 is 0 Å². The van der Waals surface area contributed by atoms with Gasteiger partial charge in [0.05, 0.1) is 28.4 Å². The number of fused-ring (bicyclic) bond motifs is 9. The summed E-state index contributed by atoms with van der Waals surface area (Å²) in [5, 5.41) is 9.58. The summed E-state index contributed by atoms with van der Waals surface area (Å²) >= 11 is 0. The molecule has 0 atom stereocenters. The maximum Gasteiger partial charge on any atom is 0.0998 e. The van der Waals surface area contributed by atoms with Crippen LogP contribution in [-0.2, 0) is 5.41 Å². The molecule has 50 heavy (non-hydrogen) atoms. The van der Waals surface area contributed by atoms with Crippen LogP contribution in [0.15, 0.2) is 158 Å². The lowest BCUT2D eigenvalue weighted by molar-refractivity contribution is 0.752. The van der Waals surface area contributed by atoms with Gasteiger partial charge < -0.3 is 4.90 Å². The fraction of sp³-hybridized carbons (Fsp3) is 0.0625. The van der Waals surface area contributed by atoms with Gasteiger partial charge in [-0.2, -0.15) is 5.26 Å². The van der Waals surface area contributed by atoms with E-state index in [0.717, 1.165) is 39.1 Å². The number of aryl methyl sites for hydroxylation is 2. The van der Waals surface area contributed by atoms with Crippen LogP contribution < -0.4 is 4.90 Å². The predicted octanol–water partition coefficient (Wildman–Crippen LogP) is 11.4. The van der Waals surface area contributed by atoms with Crippen molar-refractivity contribution in [1.82, 2.24) is 0 Å². The van der Waals surface area contributed by atoms with Gasteiger partial charge in [0.15, 0.2) is 0 Å². The van der Waals surface area contributed by atoms with Crippen LogP contribution in [0.1, 0.15) is 50.1 Å². The molecule has 0 saturated carbocycles. The topological polar surface area (TPSA) is 27.0 Å². The van der Waals surface area contributed by atoms with Crippen molar-refractivity contribution in [3.05, 3.63) is 208 Å². The number of hydrogen-bond acceptors (Lipinski definition) is 2. The molecule has 0 unspecified atom stereocenters. The third kappa shape index (κ3) is 4.29. The molecule has 1 heterocycles. The Morgan fingerprint density at radius 3 is 1.50 bits per heavy atom. The zero-order valence-electron chi connectivity index (χ0n) is 27.9. The standard InChI is InChI=1S/C48H32N2/c1-32-29-36(39-14-4-3-13-37(39)31-49)26-25-34(32)23-24-35-27-28-38(30-33(35)2)50-46-21-11-9-19-44(46)48(45-20-10-12-22-47(45)50)42-17-7-5-15-40(42)41-16-6-8-18-43(41)48/h3-22,25-30H,1-2H3. The molecular weight excluding hydrogens is 605 g/mol. The Labute approximate surface area is 293 Å². The molecule has 7 aromatic carbocycles. The van der Waals surface area contributed by atoms with E-state index in [-0.39, 0.29) is 0 Å². The van der Waals surface area contributed by atoms with Crippen LogP contribution in [0.4, 0.5) is 17.1 Å². The fourth-order valence-electron chi connectivity index (χ4n) is 8.21. The Bertz CT molecular complexity index is 2510. The molecule has 2 heteroatoms. The van der Waals surface area contributed by atoms with E-state index in [1.165, 1.54) is 44.8 Å². The average molecular weight is 637 g/mol. The van der Waals surface area contributed by atoms with E-state index in [0.29, 0.717) is 5.56 Å². The number of rotatable bonds is 2. The Hall–Kier alpha value is -6.61. The number of para-hydroxylation sites is 2. The van der Waals surface area contributed by atoms with Gasteiger partial charge in [-0.15, -0.1) is 0 Å². The minimum atomic E-state index is -0.415. The molecule has 234 valence electrons. The van der Waals surface area contributed by atoms with Gasteiger partial charge in [0.1, 0.15) is 0 Å². The van der Waals surface area contributed by atoms with Gasteiger partial charge in [0.25, 0.3) is 0 Å².